The first-order chi connectivity index (χ1) is 10.5. The van der Waals surface area contributed by atoms with E-state index in [1.54, 1.807) is 0 Å². The van der Waals surface area contributed by atoms with Crippen LogP contribution < -0.4 is 5.32 Å². The predicted octanol–water partition coefficient (Wildman–Crippen LogP) is 3.78. The van der Waals surface area contributed by atoms with E-state index in [9.17, 15) is 9.59 Å². The van der Waals surface area contributed by atoms with E-state index in [-0.39, 0.29) is 11.5 Å². The summed E-state index contributed by atoms with van der Waals surface area (Å²) in [6, 6.07) is 7.67. The van der Waals surface area contributed by atoms with Crippen LogP contribution >= 0.6 is 11.6 Å². The molecule has 3 nitrogen and oxygen atoms in total. The molecule has 120 valence electrons. The lowest BCUT2D eigenvalue weighted by Gasteiger charge is -2.47. The van der Waals surface area contributed by atoms with Gasteiger partial charge in [-0.2, -0.15) is 0 Å². The highest BCUT2D eigenvalue weighted by molar-refractivity contribution is 6.30. The number of ketones is 1. The number of Topliss-reactive ketones (excluding diaryl/α,β-unsaturated/α-hetero) is 1. The van der Waals surface area contributed by atoms with Crippen LogP contribution in [0.25, 0.3) is 0 Å². The second-order valence-electron chi connectivity index (χ2n) is 6.63. The second-order valence-corrected chi connectivity index (χ2v) is 7.07. The molecule has 0 saturated heterocycles. The minimum absolute atomic E-state index is 0.0914. The maximum absolute atomic E-state index is 12.3. The maximum Gasteiger partial charge on any atom is 0.207 e. The van der Waals surface area contributed by atoms with E-state index in [2.05, 4.69) is 19.2 Å². The largest absolute Gasteiger partial charge is 0.353 e. The van der Waals surface area contributed by atoms with Crippen LogP contribution in [0.15, 0.2) is 24.3 Å². The quantitative estimate of drug-likeness (QED) is 0.741. The van der Waals surface area contributed by atoms with Crippen molar-refractivity contribution < 1.29 is 9.59 Å². The third-order valence-electron chi connectivity index (χ3n) is 4.80. The van der Waals surface area contributed by atoms with Gasteiger partial charge in [0.05, 0.1) is 0 Å². The molecular weight excluding hydrogens is 298 g/mol. The van der Waals surface area contributed by atoms with Crippen LogP contribution in [0.1, 0.15) is 45.1 Å². The van der Waals surface area contributed by atoms with E-state index in [0.717, 1.165) is 37.7 Å². The van der Waals surface area contributed by atoms with Crippen LogP contribution in [0.4, 0.5) is 0 Å². The number of nitrogens with one attached hydrogen (secondary N) is 1. The molecule has 1 unspecified atom stereocenters. The summed E-state index contributed by atoms with van der Waals surface area (Å²) in [5.74, 6) is 0.875. The van der Waals surface area contributed by atoms with Crippen molar-refractivity contribution in [1.82, 2.24) is 5.32 Å². The average Bonchev–Trinajstić information content (AvgIpc) is 2.46. The standard InChI is InChI=1S/C18H24ClNO2/c1-3-13(2)8-17(22)15-10-18(11-15,20-12-21)9-14-4-6-16(19)7-5-14/h4-7,12-13,15H,3,8-11H2,1-2H3,(H,20,21). The number of halogens is 1. The summed E-state index contributed by atoms with van der Waals surface area (Å²) in [6.07, 6.45) is 4.66. The van der Waals surface area contributed by atoms with Gasteiger partial charge in [-0.15, -0.1) is 0 Å². The van der Waals surface area contributed by atoms with E-state index >= 15 is 0 Å². The van der Waals surface area contributed by atoms with Gasteiger partial charge < -0.3 is 5.32 Å². The molecule has 1 aliphatic carbocycles. The first-order valence-corrected chi connectivity index (χ1v) is 8.34. The van der Waals surface area contributed by atoms with Crippen molar-refractivity contribution in [1.29, 1.82) is 0 Å². The van der Waals surface area contributed by atoms with Crippen molar-refractivity contribution >= 4 is 23.8 Å². The number of carbonyl (C=O) groups excluding carboxylic acids is 2. The molecule has 1 saturated carbocycles. The molecule has 1 aliphatic rings. The summed E-state index contributed by atoms with van der Waals surface area (Å²) < 4.78 is 0. The van der Waals surface area contributed by atoms with Gasteiger partial charge in [0.2, 0.25) is 6.41 Å². The smallest absolute Gasteiger partial charge is 0.207 e. The zero-order valence-corrected chi connectivity index (χ0v) is 14.0. The first-order valence-electron chi connectivity index (χ1n) is 7.96. The number of hydrogen-bond acceptors (Lipinski definition) is 2. The third-order valence-corrected chi connectivity index (χ3v) is 5.05. The fourth-order valence-corrected chi connectivity index (χ4v) is 3.32. The van der Waals surface area contributed by atoms with Gasteiger partial charge in [0, 0.05) is 22.9 Å². The van der Waals surface area contributed by atoms with E-state index in [0.29, 0.717) is 23.1 Å². The van der Waals surface area contributed by atoms with Crippen molar-refractivity contribution in [2.45, 2.75) is 51.5 Å². The third kappa shape index (κ3) is 4.10. The van der Waals surface area contributed by atoms with Gasteiger partial charge in [-0.05, 0) is 42.9 Å². The molecule has 0 aliphatic heterocycles. The summed E-state index contributed by atoms with van der Waals surface area (Å²) >= 11 is 5.90. The van der Waals surface area contributed by atoms with Crippen LogP contribution in [-0.2, 0) is 16.0 Å². The minimum Gasteiger partial charge on any atom is -0.353 e. The van der Waals surface area contributed by atoms with Crippen molar-refractivity contribution in [3.63, 3.8) is 0 Å². The Kier molecular flexibility index (Phi) is 5.63. The van der Waals surface area contributed by atoms with Gasteiger partial charge >= 0.3 is 0 Å². The van der Waals surface area contributed by atoms with Gasteiger partial charge in [-0.1, -0.05) is 44.0 Å². The Balaban J connectivity index is 1.96. The van der Waals surface area contributed by atoms with E-state index in [1.165, 1.54) is 0 Å². The summed E-state index contributed by atoms with van der Waals surface area (Å²) in [6.45, 7) is 4.22. The van der Waals surface area contributed by atoms with Crippen LogP contribution in [0.5, 0.6) is 0 Å². The Bertz CT molecular complexity index is 520. The Labute approximate surface area is 137 Å². The minimum atomic E-state index is -0.272. The molecule has 0 bridgehead atoms. The highest BCUT2D eigenvalue weighted by Gasteiger charge is 2.46. The molecule has 0 aromatic heterocycles. The predicted molar refractivity (Wildman–Crippen MR) is 88.9 cm³/mol. The molecule has 2 rings (SSSR count). The Morgan fingerprint density at radius 1 is 1.41 bits per heavy atom. The fraction of sp³-hybridized carbons (Fsp3) is 0.556. The molecule has 0 heterocycles. The number of amides is 1. The lowest BCUT2D eigenvalue weighted by molar-refractivity contribution is -0.130. The first kappa shape index (κ1) is 17.0. The number of rotatable bonds is 8. The highest BCUT2D eigenvalue weighted by atomic mass is 35.5. The molecule has 1 amide bonds. The zero-order valence-electron chi connectivity index (χ0n) is 13.3. The van der Waals surface area contributed by atoms with E-state index in [1.807, 2.05) is 24.3 Å². The van der Waals surface area contributed by atoms with Crippen molar-refractivity contribution in [3.8, 4) is 0 Å². The molecule has 0 spiro atoms. The molecule has 0 radical (unpaired) electrons. The zero-order chi connectivity index (χ0) is 16.2. The van der Waals surface area contributed by atoms with Gasteiger partial charge in [0.25, 0.3) is 0 Å². The number of hydrogen-bond donors (Lipinski definition) is 1. The van der Waals surface area contributed by atoms with Crippen LogP contribution in [0.3, 0.4) is 0 Å². The SMILES string of the molecule is CCC(C)CC(=O)C1CC(Cc2ccc(Cl)cc2)(NC=O)C1. The van der Waals surface area contributed by atoms with Gasteiger partial charge in [0.1, 0.15) is 5.78 Å². The second kappa shape index (κ2) is 7.28. The normalized spacial score (nSPS) is 25.1. The highest BCUT2D eigenvalue weighted by Crippen LogP contribution is 2.41. The van der Waals surface area contributed by atoms with Gasteiger partial charge in [0.15, 0.2) is 0 Å². The van der Waals surface area contributed by atoms with Crippen molar-refractivity contribution in [2.24, 2.45) is 11.8 Å². The lowest BCUT2D eigenvalue weighted by Crippen LogP contribution is -2.58. The van der Waals surface area contributed by atoms with Gasteiger partial charge in [-0.3, -0.25) is 9.59 Å². The summed E-state index contributed by atoms with van der Waals surface area (Å²) in [5.41, 5.74) is 0.859. The lowest BCUT2D eigenvalue weighted by atomic mass is 9.63. The topological polar surface area (TPSA) is 46.2 Å². The summed E-state index contributed by atoms with van der Waals surface area (Å²) in [4.78, 5) is 23.2. The molecular formula is C18H24ClNO2. The molecule has 4 heteroatoms. The Morgan fingerprint density at radius 2 is 2.05 bits per heavy atom. The van der Waals surface area contributed by atoms with Crippen LogP contribution in [-0.4, -0.2) is 17.7 Å². The molecule has 1 aromatic rings. The molecule has 1 atom stereocenters. The van der Waals surface area contributed by atoms with E-state index < -0.39 is 0 Å². The maximum atomic E-state index is 12.3. The van der Waals surface area contributed by atoms with Crippen molar-refractivity contribution in [2.75, 3.05) is 0 Å². The summed E-state index contributed by atoms with van der Waals surface area (Å²) in [5, 5.41) is 3.65. The van der Waals surface area contributed by atoms with Crippen molar-refractivity contribution in [3.05, 3.63) is 34.9 Å². The summed E-state index contributed by atoms with van der Waals surface area (Å²) in [7, 11) is 0. The average molecular weight is 322 g/mol. The van der Waals surface area contributed by atoms with Gasteiger partial charge in [-0.25, -0.2) is 0 Å². The Morgan fingerprint density at radius 3 is 2.59 bits per heavy atom. The monoisotopic (exact) mass is 321 g/mol. The Hall–Kier alpha value is -1.35. The molecule has 1 fully saturated rings. The number of carbonyl (C=O) groups is 2. The molecule has 1 aromatic carbocycles. The van der Waals surface area contributed by atoms with E-state index in [4.69, 9.17) is 11.6 Å². The van der Waals surface area contributed by atoms with Crippen LogP contribution in [0.2, 0.25) is 5.02 Å². The number of benzene rings is 1. The molecule has 1 N–H and O–H groups in total. The fourth-order valence-electron chi connectivity index (χ4n) is 3.20. The molecule has 22 heavy (non-hydrogen) atoms. The van der Waals surface area contributed by atoms with Crippen LogP contribution in [0, 0.1) is 11.8 Å².